The smallest absolute Gasteiger partial charge is 0.153 e. The molecule has 0 amide bonds. The molecule has 4 nitrogen and oxygen atoms in total. The second kappa shape index (κ2) is 5.75. The van der Waals surface area contributed by atoms with E-state index < -0.39 is 0 Å². The second-order valence-electron chi connectivity index (χ2n) is 4.03. The Morgan fingerprint density at radius 1 is 1.53 bits per heavy atom. The summed E-state index contributed by atoms with van der Waals surface area (Å²) in [6.07, 6.45) is 0.760. The van der Waals surface area contributed by atoms with Gasteiger partial charge in [-0.15, -0.1) is 0 Å². The molecule has 1 heterocycles. The van der Waals surface area contributed by atoms with Gasteiger partial charge in [0.05, 0.1) is 26.4 Å². The quantitative estimate of drug-likeness (QED) is 0.798. The molecule has 100 valence electrons. The predicted octanol–water partition coefficient (Wildman–Crippen LogP) is 3.54. The molecule has 2 rings (SSSR count). The Bertz CT molecular complexity index is 625. The maximum Gasteiger partial charge on any atom is 0.153 e. The zero-order valence-corrected chi connectivity index (χ0v) is 12.8. The average molecular weight is 344 g/mol. The number of aryl methyl sites for hydroxylation is 2. The van der Waals surface area contributed by atoms with Crippen molar-refractivity contribution >= 4 is 33.8 Å². The van der Waals surface area contributed by atoms with Crippen LogP contribution in [0.15, 0.2) is 22.7 Å². The molecule has 0 atom stereocenters. The van der Waals surface area contributed by atoms with Crippen molar-refractivity contribution in [3.8, 4) is 5.75 Å². The van der Waals surface area contributed by atoms with E-state index in [1.807, 2.05) is 13.0 Å². The van der Waals surface area contributed by atoms with Crippen molar-refractivity contribution < 1.29 is 9.53 Å². The van der Waals surface area contributed by atoms with Crippen LogP contribution in [-0.2, 0) is 13.7 Å². The molecule has 0 fully saturated rings. The van der Waals surface area contributed by atoms with Gasteiger partial charge in [0.2, 0.25) is 0 Å². The molecule has 0 bridgehead atoms. The van der Waals surface area contributed by atoms with Gasteiger partial charge in [-0.05, 0) is 35.0 Å². The van der Waals surface area contributed by atoms with E-state index in [0.29, 0.717) is 16.3 Å². The van der Waals surface area contributed by atoms with Crippen LogP contribution in [0.3, 0.4) is 0 Å². The Morgan fingerprint density at radius 2 is 2.26 bits per heavy atom. The van der Waals surface area contributed by atoms with Crippen LogP contribution in [0.4, 0.5) is 0 Å². The lowest BCUT2D eigenvalue weighted by molar-refractivity contribution is 0.111. The van der Waals surface area contributed by atoms with Gasteiger partial charge in [0.1, 0.15) is 12.4 Å². The van der Waals surface area contributed by atoms with Crippen LogP contribution in [0.5, 0.6) is 5.75 Å². The summed E-state index contributed by atoms with van der Waals surface area (Å²) in [6, 6.07) is 5.30. The minimum atomic E-state index is 0.250. The number of para-hydroxylation sites is 1. The summed E-state index contributed by atoms with van der Waals surface area (Å²) in [4.78, 5) is 11.0. The number of benzene rings is 1. The summed E-state index contributed by atoms with van der Waals surface area (Å²) < 4.78 is 8.10. The maximum absolute atomic E-state index is 11.0. The van der Waals surface area contributed by atoms with E-state index >= 15 is 0 Å². The van der Waals surface area contributed by atoms with Gasteiger partial charge < -0.3 is 4.74 Å². The van der Waals surface area contributed by atoms with Gasteiger partial charge >= 0.3 is 0 Å². The molecule has 0 aliphatic carbocycles. The first kappa shape index (κ1) is 14.1. The third kappa shape index (κ3) is 2.82. The molecule has 1 aromatic carbocycles. The van der Waals surface area contributed by atoms with Crippen LogP contribution in [0.2, 0.25) is 5.02 Å². The molecular weight excluding hydrogens is 332 g/mol. The highest BCUT2D eigenvalue weighted by atomic mass is 79.9. The Balaban J connectivity index is 2.26. The van der Waals surface area contributed by atoms with Crippen LogP contribution < -0.4 is 4.74 Å². The number of aldehydes is 1. The van der Waals surface area contributed by atoms with Crippen molar-refractivity contribution in [2.24, 2.45) is 7.05 Å². The lowest BCUT2D eigenvalue weighted by Crippen LogP contribution is -2.05. The molecule has 19 heavy (non-hydrogen) atoms. The fraction of sp³-hybridized carbons (Fsp3) is 0.231. The van der Waals surface area contributed by atoms with E-state index in [4.69, 9.17) is 16.3 Å². The zero-order valence-electron chi connectivity index (χ0n) is 10.5. The minimum Gasteiger partial charge on any atom is -0.485 e. The number of ether oxygens (including phenoxy) is 1. The number of hydrogen-bond acceptors (Lipinski definition) is 3. The molecule has 0 aliphatic heterocycles. The molecule has 0 spiro atoms. The van der Waals surface area contributed by atoms with Crippen molar-refractivity contribution in [2.45, 2.75) is 13.5 Å². The third-order valence-electron chi connectivity index (χ3n) is 2.74. The zero-order chi connectivity index (χ0) is 14.0. The van der Waals surface area contributed by atoms with E-state index in [1.165, 1.54) is 0 Å². The van der Waals surface area contributed by atoms with Crippen LogP contribution in [-0.4, -0.2) is 16.1 Å². The lowest BCUT2D eigenvalue weighted by Gasteiger charge is -2.10. The molecule has 0 unspecified atom stereocenters. The molecule has 0 radical (unpaired) electrons. The predicted molar refractivity (Wildman–Crippen MR) is 76.8 cm³/mol. The summed E-state index contributed by atoms with van der Waals surface area (Å²) in [5.41, 5.74) is 2.02. The highest BCUT2D eigenvalue weighted by Gasteiger charge is 2.14. The minimum absolute atomic E-state index is 0.250. The Morgan fingerprint density at radius 3 is 2.84 bits per heavy atom. The van der Waals surface area contributed by atoms with Crippen LogP contribution >= 0.6 is 27.5 Å². The van der Waals surface area contributed by atoms with Crippen LogP contribution in [0.25, 0.3) is 0 Å². The molecule has 0 saturated carbocycles. The second-order valence-corrected chi connectivity index (χ2v) is 5.27. The first-order chi connectivity index (χ1) is 9.04. The normalized spacial score (nSPS) is 10.5. The van der Waals surface area contributed by atoms with Gasteiger partial charge in [-0.25, -0.2) is 0 Å². The number of hydrogen-bond donors (Lipinski definition) is 0. The Labute approximate surface area is 124 Å². The maximum atomic E-state index is 11.0. The van der Waals surface area contributed by atoms with Crippen molar-refractivity contribution in [3.63, 3.8) is 0 Å². The topological polar surface area (TPSA) is 44.1 Å². The van der Waals surface area contributed by atoms with E-state index in [0.717, 1.165) is 22.1 Å². The summed E-state index contributed by atoms with van der Waals surface area (Å²) in [5.74, 6) is 0.507. The monoisotopic (exact) mass is 342 g/mol. The average Bonchev–Trinajstić information content (AvgIpc) is 2.62. The number of carbonyl (C=O) groups is 1. The van der Waals surface area contributed by atoms with Crippen molar-refractivity contribution in [1.82, 2.24) is 9.78 Å². The summed E-state index contributed by atoms with van der Waals surface area (Å²) in [7, 11) is 1.80. The van der Waals surface area contributed by atoms with Gasteiger partial charge in [0.25, 0.3) is 0 Å². The SMILES string of the molecule is Cc1nn(C)c(COc2c(Br)cccc2C=O)c1Cl. The Kier molecular flexibility index (Phi) is 4.27. The van der Waals surface area contributed by atoms with Gasteiger partial charge in [-0.1, -0.05) is 17.7 Å². The number of carbonyl (C=O) groups excluding carboxylic acids is 1. The van der Waals surface area contributed by atoms with E-state index in [-0.39, 0.29) is 6.61 Å². The molecule has 0 N–H and O–H groups in total. The number of nitrogens with zero attached hydrogens (tertiary/aromatic N) is 2. The number of halogens is 2. The van der Waals surface area contributed by atoms with Crippen LogP contribution in [0, 0.1) is 6.92 Å². The van der Waals surface area contributed by atoms with Crippen molar-refractivity contribution in [1.29, 1.82) is 0 Å². The molecular formula is C13H12BrClN2O2. The van der Waals surface area contributed by atoms with Gasteiger partial charge in [-0.2, -0.15) is 5.10 Å². The van der Waals surface area contributed by atoms with E-state index in [2.05, 4.69) is 21.0 Å². The molecule has 6 heteroatoms. The largest absolute Gasteiger partial charge is 0.485 e. The van der Waals surface area contributed by atoms with Gasteiger partial charge in [-0.3, -0.25) is 9.48 Å². The van der Waals surface area contributed by atoms with Crippen LogP contribution in [0.1, 0.15) is 21.7 Å². The lowest BCUT2D eigenvalue weighted by atomic mass is 10.2. The van der Waals surface area contributed by atoms with Gasteiger partial charge in [0.15, 0.2) is 6.29 Å². The van der Waals surface area contributed by atoms with E-state index in [1.54, 1.807) is 23.9 Å². The number of aromatic nitrogens is 2. The highest BCUT2D eigenvalue weighted by Crippen LogP contribution is 2.29. The highest BCUT2D eigenvalue weighted by molar-refractivity contribution is 9.10. The Hall–Kier alpha value is -1.33. The summed E-state index contributed by atoms with van der Waals surface area (Å²) >= 11 is 9.51. The summed E-state index contributed by atoms with van der Waals surface area (Å²) in [6.45, 7) is 2.08. The standard InChI is InChI=1S/C13H12BrClN2O2/c1-8-12(15)11(17(2)16-8)7-19-13-9(6-18)4-3-5-10(13)14/h3-6H,7H2,1-2H3. The fourth-order valence-electron chi connectivity index (χ4n) is 1.75. The first-order valence-electron chi connectivity index (χ1n) is 5.59. The third-order valence-corrected chi connectivity index (χ3v) is 3.86. The van der Waals surface area contributed by atoms with E-state index in [9.17, 15) is 4.79 Å². The van der Waals surface area contributed by atoms with Crippen molar-refractivity contribution in [3.05, 3.63) is 44.6 Å². The molecule has 1 aromatic heterocycles. The number of rotatable bonds is 4. The molecule has 0 saturated heterocycles. The van der Waals surface area contributed by atoms with Gasteiger partial charge in [0, 0.05) is 7.05 Å². The summed E-state index contributed by atoms with van der Waals surface area (Å²) in [5, 5.41) is 4.80. The van der Waals surface area contributed by atoms with Crippen molar-refractivity contribution in [2.75, 3.05) is 0 Å². The first-order valence-corrected chi connectivity index (χ1v) is 6.76. The molecule has 2 aromatic rings. The molecule has 0 aliphatic rings. The fourth-order valence-corrected chi connectivity index (χ4v) is 2.46.